The molecular formula is C15H20N6OS. The first kappa shape index (κ1) is 15.8. The first-order valence-electron chi connectivity index (χ1n) is 7.80. The van der Waals surface area contributed by atoms with Gasteiger partial charge in [-0.15, -0.1) is 0 Å². The van der Waals surface area contributed by atoms with Crippen molar-refractivity contribution in [2.45, 2.75) is 32.6 Å². The minimum absolute atomic E-state index is 0.00372. The van der Waals surface area contributed by atoms with Gasteiger partial charge in [-0.1, -0.05) is 13.8 Å². The van der Waals surface area contributed by atoms with Gasteiger partial charge in [-0.25, -0.2) is 15.0 Å². The molecule has 0 unspecified atom stereocenters. The standard InChI is InChI=1S/C15H20N6OS/c1-10(2)12-18-15(23-20-12)21-8-4-11(5-9-21)13(22)19-14-16-6-3-7-17-14/h3,6-7,10-11H,4-5,8-9H2,1-2H3,(H,16,17,19,22). The number of aromatic nitrogens is 4. The van der Waals surface area contributed by atoms with Crippen molar-refractivity contribution in [1.29, 1.82) is 0 Å². The van der Waals surface area contributed by atoms with Crippen molar-refractivity contribution in [3.63, 3.8) is 0 Å². The van der Waals surface area contributed by atoms with Crippen molar-refractivity contribution in [2.24, 2.45) is 5.92 Å². The Bertz CT molecular complexity index is 651. The first-order chi connectivity index (χ1) is 11.1. The number of nitrogens with zero attached hydrogens (tertiary/aromatic N) is 5. The predicted octanol–water partition coefficient (Wildman–Crippen LogP) is 2.31. The fourth-order valence-corrected chi connectivity index (χ4v) is 3.36. The third-order valence-electron chi connectivity index (χ3n) is 3.88. The smallest absolute Gasteiger partial charge is 0.229 e. The number of anilines is 2. The minimum atomic E-state index is -0.00690. The Hall–Kier alpha value is -2.09. The highest BCUT2D eigenvalue weighted by molar-refractivity contribution is 7.09. The summed E-state index contributed by atoms with van der Waals surface area (Å²) in [7, 11) is 0. The molecule has 1 saturated heterocycles. The molecule has 7 nitrogen and oxygen atoms in total. The van der Waals surface area contributed by atoms with Gasteiger partial charge >= 0.3 is 0 Å². The maximum atomic E-state index is 12.3. The van der Waals surface area contributed by atoms with E-state index >= 15 is 0 Å². The molecular weight excluding hydrogens is 312 g/mol. The van der Waals surface area contributed by atoms with Crippen LogP contribution in [0.15, 0.2) is 18.5 Å². The molecule has 1 amide bonds. The van der Waals surface area contributed by atoms with Crippen LogP contribution in [0.5, 0.6) is 0 Å². The van der Waals surface area contributed by atoms with Crippen molar-refractivity contribution < 1.29 is 4.79 Å². The number of nitrogens with one attached hydrogen (secondary N) is 1. The van der Waals surface area contributed by atoms with Gasteiger partial charge < -0.3 is 4.90 Å². The van der Waals surface area contributed by atoms with Crippen LogP contribution in [-0.4, -0.2) is 38.3 Å². The Morgan fingerprint density at radius 1 is 1.30 bits per heavy atom. The van der Waals surface area contributed by atoms with Gasteiger partial charge in [0.2, 0.25) is 17.0 Å². The van der Waals surface area contributed by atoms with Gasteiger partial charge in [-0.2, -0.15) is 4.37 Å². The minimum Gasteiger partial charge on any atom is -0.347 e. The molecule has 8 heteroatoms. The molecule has 1 N–H and O–H groups in total. The molecule has 23 heavy (non-hydrogen) atoms. The van der Waals surface area contributed by atoms with Crippen molar-refractivity contribution in [3.8, 4) is 0 Å². The summed E-state index contributed by atoms with van der Waals surface area (Å²) < 4.78 is 4.39. The molecule has 0 aromatic carbocycles. The lowest BCUT2D eigenvalue weighted by atomic mass is 9.96. The second kappa shape index (κ2) is 6.99. The van der Waals surface area contributed by atoms with Gasteiger partial charge in [-0.05, 0) is 18.9 Å². The molecule has 0 saturated carbocycles. The molecule has 2 aromatic rings. The Kier molecular flexibility index (Phi) is 4.80. The Morgan fingerprint density at radius 2 is 2.00 bits per heavy atom. The number of carbonyl (C=O) groups excluding carboxylic acids is 1. The third-order valence-corrected chi connectivity index (χ3v) is 4.68. The van der Waals surface area contributed by atoms with Gasteiger partial charge in [0.15, 0.2) is 0 Å². The van der Waals surface area contributed by atoms with E-state index in [4.69, 9.17) is 0 Å². The van der Waals surface area contributed by atoms with Crippen molar-refractivity contribution >= 4 is 28.5 Å². The van der Waals surface area contributed by atoms with Crippen LogP contribution in [0.2, 0.25) is 0 Å². The molecule has 122 valence electrons. The molecule has 1 aliphatic rings. The summed E-state index contributed by atoms with van der Waals surface area (Å²) in [6.07, 6.45) is 4.84. The molecule has 3 heterocycles. The Balaban J connectivity index is 1.54. The highest BCUT2D eigenvalue weighted by Crippen LogP contribution is 2.26. The number of rotatable bonds is 4. The lowest BCUT2D eigenvalue weighted by Crippen LogP contribution is -2.38. The molecule has 0 radical (unpaired) electrons. The zero-order valence-electron chi connectivity index (χ0n) is 13.3. The molecule has 2 aromatic heterocycles. The summed E-state index contributed by atoms with van der Waals surface area (Å²) in [4.78, 5) is 27.1. The van der Waals surface area contributed by atoms with Crippen molar-refractivity contribution in [2.75, 3.05) is 23.3 Å². The fraction of sp³-hybridized carbons (Fsp3) is 0.533. The van der Waals surface area contributed by atoms with E-state index in [0.717, 1.165) is 36.9 Å². The van der Waals surface area contributed by atoms with Crippen LogP contribution in [-0.2, 0) is 4.79 Å². The summed E-state index contributed by atoms with van der Waals surface area (Å²) in [5, 5.41) is 3.74. The van der Waals surface area contributed by atoms with Crippen LogP contribution in [0.25, 0.3) is 0 Å². The SMILES string of the molecule is CC(C)c1nsc(N2CCC(C(=O)Nc3ncccn3)CC2)n1. The normalized spacial score (nSPS) is 15.9. The molecule has 1 fully saturated rings. The molecule has 0 bridgehead atoms. The van der Waals surface area contributed by atoms with E-state index < -0.39 is 0 Å². The van der Waals surface area contributed by atoms with E-state index in [1.54, 1.807) is 18.5 Å². The maximum Gasteiger partial charge on any atom is 0.229 e. The Morgan fingerprint density at radius 3 is 2.61 bits per heavy atom. The average Bonchev–Trinajstić information content (AvgIpc) is 3.06. The van der Waals surface area contributed by atoms with E-state index in [-0.39, 0.29) is 11.8 Å². The van der Waals surface area contributed by atoms with Crippen LogP contribution < -0.4 is 10.2 Å². The summed E-state index contributed by atoms with van der Waals surface area (Å²) in [6, 6.07) is 1.72. The van der Waals surface area contributed by atoms with Crippen molar-refractivity contribution in [1.82, 2.24) is 19.3 Å². The third kappa shape index (κ3) is 3.82. The van der Waals surface area contributed by atoms with E-state index in [0.29, 0.717) is 11.9 Å². The molecule has 0 atom stereocenters. The quantitative estimate of drug-likeness (QED) is 0.925. The predicted molar refractivity (Wildman–Crippen MR) is 89.6 cm³/mol. The van der Waals surface area contributed by atoms with Crippen LogP contribution in [0, 0.1) is 5.92 Å². The van der Waals surface area contributed by atoms with Crippen LogP contribution in [0.4, 0.5) is 11.1 Å². The second-order valence-corrected chi connectivity index (χ2v) is 6.64. The largest absolute Gasteiger partial charge is 0.347 e. The number of piperidine rings is 1. The second-order valence-electron chi connectivity index (χ2n) is 5.91. The van der Waals surface area contributed by atoms with Crippen LogP contribution >= 0.6 is 11.5 Å². The zero-order valence-corrected chi connectivity index (χ0v) is 14.1. The van der Waals surface area contributed by atoms with Gasteiger partial charge in [0.05, 0.1) is 0 Å². The number of hydrogen-bond donors (Lipinski definition) is 1. The Labute approximate surface area is 139 Å². The molecule has 0 spiro atoms. The topological polar surface area (TPSA) is 83.9 Å². The summed E-state index contributed by atoms with van der Waals surface area (Å²) >= 11 is 1.44. The summed E-state index contributed by atoms with van der Waals surface area (Å²) in [5.41, 5.74) is 0. The van der Waals surface area contributed by atoms with Gasteiger partial charge in [-0.3, -0.25) is 10.1 Å². The number of carbonyl (C=O) groups is 1. The van der Waals surface area contributed by atoms with E-state index in [1.807, 2.05) is 0 Å². The fourth-order valence-electron chi connectivity index (χ4n) is 2.50. The zero-order chi connectivity index (χ0) is 16.2. The highest BCUT2D eigenvalue weighted by atomic mass is 32.1. The first-order valence-corrected chi connectivity index (χ1v) is 8.57. The molecule has 1 aliphatic heterocycles. The van der Waals surface area contributed by atoms with Crippen LogP contribution in [0.3, 0.4) is 0 Å². The van der Waals surface area contributed by atoms with Crippen molar-refractivity contribution in [3.05, 3.63) is 24.3 Å². The molecule has 0 aliphatic carbocycles. The van der Waals surface area contributed by atoms with Gasteiger partial charge in [0.1, 0.15) is 5.82 Å². The maximum absolute atomic E-state index is 12.3. The number of amides is 1. The van der Waals surface area contributed by atoms with E-state index in [9.17, 15) is 4.79 Å². The van der Waals surface area contributed by atoms with Gasteiger partial charge in [0.25, 0.3) is 0 Å². The van der Waals surface area contributed by atoms with E-state index in [2.05, 4.69) is 43.4 Å². The number of hydrogen-bond acceptors (Lipinski definition) is 7. The summed E-state index contributed by atoms with van der Waals surface area (Å²) in [5.74, 6) is 1.59. The monoisotopic (exact) mass is 332 g/mol. The molecule has 3 rings (SSSR count). The average molecular weight is 332 g/mol. The lowest BCUT2D eigenvalue weighted by molar-refractivity contribution is -0.120. The lowest BCUT2D eigenvalue weighted by Gasteiger charge is -2.30. The van der Waals surface area contributed by atoms with E-state index in [1.165, 1.54) is 11.5 Å². The van der Waals surface area contributed by atoms with Gasteiger partial charge in [0, 0.05) is 48.9 Å². The summed E-state index contributed by atoms with van der Waals surface area (Å²) in [6.45, 7) is 5.82. The highest BCUT2D eigenvalue weighted by Gasteiger charge is 2.27. The van der Waals surface area contributed by atoms with Crippen LogP contribution in [0.1, 0.15) is 38.4 Å².